The van der Waals surface area contributed by atoms with Crippen molar-refractivity contribution in [3.63, 3.8) is 0 Å². The molecule has 0 spiro atoms. The molecule has 19 heavy (non-hydrogen) atoms. The lowest BCUT2D eigenvalue weighted by molar-refractivity contribution is 0.743. The Morgan fingerprint density at radius 1 is 1.00 bits per heavy atom. The molecule has 1 nitrogen and oxygen atoms in total. The largest absolute Gasteiger partial charge is 0.374 e. The molecule has 2 rings (SSSR count). The van der Waals surface area contributed by atoms with E-state index in [1.807, 2.05) is 0 Å². The second-order valence-corrected chi connectivity index (χ2v) is 5.32. The van der Waals surface area contributed by atoms with Crippen molar-refractivity contribution >= 4 is 18.3 Å². The minimum atomic E-state index is 0.453. The molecule has 0 aliphatic carbocycles. The van der Waals surface area contributed by atoms with E-state index >= 15 is 0 Å². The van der Waals surface area contributed by atoms with Crippen LogP contribution in [-0.2, 0) is 0 Å². The highest BCUT2D eigenvalue weighted by Gasteiger charge is 2.13. The molecule has 0 saturated carbocycles. The molecular formula is C17H21NS. The summed E-state index contributed by atoms with van der Waals surface area (Å²) >= 11 is 4.51. The molecule has 0 N–H and O–H groups in total. The number of nitrogens with zero attached hydrogens (tertiary/aromatic N) is 1. The third-order valence-corrected chi connectivity index (χ3v) is 3.95. The second kappa shape index (κ2) is 6.67. The van der Waals surface area contributed by atoms with Gasteiger partial charge in [-0.2, -0.15) is 12.6 Å². The van der Waals surface area contributed by atoms with Crippen molar-refractivity contribution in [1.29, 1.82) is 0 Å². The lowest BCUT2D eigenvalue weighted by Crippen LogP contribution is -2.25. The maximum Gasteiger partial charge on any atom is 0.0393 e. The van der Waals surface area contributed by atoms with Crippen molar-refractivity contribution in [2.75, 3.05) is 24.2 Å². The second-order valence-electron chi connectivity index (χ2n) is 4.96. The number of anilines is 1. The zero-order chi connectivity index (χ0) is 13.7. The fourth-order valence-corrected chi connectivity index (χ4v) is 2.74. The van der Waals surface area contributed by atoms with E-state index < -0.39 is 0 Å². The molecule has 0 aliphatic rings. The van der Waals surface area contributed by atoms with Crippen LogP contribution < -0.4 is 4.90 Å². The summed E-state index contributed by atoms with van der Waals surface area (Å²) < 4.78 is 0. The van der Waals surface area contributed by atoms with Gasteiger partial charge < -0.3 is 4.90 Å². The molecule has 0 aliphatic heterocycles. The van der Waals surface area contributed by atoms with Gasteiger partial charge in [-0.05, 0) is 29.9 Å². The van der Waals surface area contributed by atoms with E-state index in [0.717, 1.165) is 12.3 Å². The predicted octanol–water partition coefficient (Wildman–Crippen LogP) is 4.14. The van der Waals surface area contributed by atoms with E-state index in [-0.39, 0.29) is 0 Å². The molecule has 0 fully saturated rings. The average Bonchev–Trinajstić information content (AvgIpc) is 2.46. The summed E-state index contributed by atoms with van der Waals surface area (Å²) in [4.78, 5) is 2.32. The van der Waals surface area contributed by atoms with Gasteiger partial charge in [0.2, 0.25) is 0 Å². The lowest BCUT2D eigenvalue weighted by Gasteiger charge is -2.26. The Morgan fingerprint density at radius 3 is 2.26 bits per heavy atom. The molecule has 1 atom stereocenters. The molecule has 0 amide bonds. The first-order chi connectivity index (χ1) is 9.22. The van der Waals surface area contributed by atoms with E-state index in [4.69, 9.17) is 0 Å². The molecular weight excluding hydrogens is 250 g/mol. The molecule has 0 heterocycles. The molecule has 2 aromatic rings. The van der Waals surface area contributed by atoms with Gasteiger partial charge in [-0.25, -0.2) is 0 Å². The summed E-state index contributed by atoms with van der Waals surface area (Å²) in [5.74, 6) is 1.31. The fourth-order valence-electron chi connectivity index (χ4n) is 2.41. The molecule has 0 aromatic heterocycles. The summed E-state index contributed by atoms with van der Waals surface area (Å²) in [6, 6.07) is 19.1. The first-order valence-electron chi connectivity index (χ1n) is 6.65. The number of hydrogen-bond donors (Lipinski definition) is 1. The Balaban J connectivity index is 2.13. The van der Waals surface area contributed by atoms with Gasteiger partial charge in [-0.1, -0.05) is 48.5 Å². The Kier molecular flexibility index (Phi) is 4.92. The molecule has 0 saturated heterocycles. The van der Waals surface area contributed by atoms with Crippen molar-refractivity contribution in [2.45, 2.75) is 12.8 Å². The predicted molar refractivity (Wildman–Crippen MR) is 87.5 cm³/mol. The van der Waals surface area contributed by atoms with E-state index in [9.17, 15) is 0 Å². The number of benzene rings is 2. The number of likely N-dealkylation sites (N-methyl/N-ethyl adjacent to an activating group) is 1. The summed E-state index contributed by atoms with van der Waals surface area (Å²) in [5, 5.41) is 0. The third-order valence-electron chi connectivity index (χ3n) is 3.51. The highest BCUT2D eigenvalue weighted by atomic mass is 32.1. The summed E-state index contributed by atoms with van der Waals surface area (Å²) in [6.45, 7) is 3.14. The Morgan fingerprint density at radius 2 is 1.63 bits per heavy atom. The van der Waals surface area contributed by atoms with Crippen LogP contribution in [0.3, 0.4) is 0 Å². The zero-order valence-electron chi connectivity index (χ0n) is 11.6. The van der Waals surface area contributed by atoms with Crippen LogP contribution in [0.5, 0.6) is 0 Å². The van der Waals surface area contributed by atoms with Gasteiger partial charge in [-0.15, -0.1) is 0 Å². The number of rotatable bonds is 5. The molecule has 2 heteroatoms. The van der Waals surface area contributed by atoms with Crippen molar-refractivity contribution in [1.82, 2.24) is 0 Å². The number of hydrogen-bond acceptors (Lipinski definition) is 2. The van der Waals surface area contributed by atoms with Gasteiger partial charge in [0.15, 0.2) is 0 Å². The smallest absolute Gasteiger partial charge is 0.0393 e. The van der Waals surface area contributed by atoms with Crippen LogP contribution in [0, 0.1) is 6.92 Å². The van der Waals surface area contributed by atoms with Crippen molar-refractivity contribution in [2.24, 2.45) is 0 Å². The third kappa shape index (κ3) is 3.54. The van der Waals surface area contributed by atoms with Gasteiger partial charge in [-0.3, -0.25) is 0 Å². The van der Waals surface area contributed by atoms with Crippen LogP contribution in [-0.4, -0.2) is 19.3 Å². The van der Waals surface area contributed by atoms with Crippen LogP contribution in [0.1, 0.15) is 17.0 Å². The van der Waals surface area contributed by atoms with E-state index in [0.29, 0.717) is 5.92 Å². The van der Waals surface area contributed by atoms with E-state index in [1.54, 1.807) is 0 Å². The maximum absolute atomic E-state index is 4.51. The monoisotopic (exact) mass is 271 g/mol. The molecule has 0 bridgehead atoms. The Hall–Kier alpha value is -1.41. The van der Waals surface area contributed by atoms with Crippen molar-refractivity contribution in [3.05, 3.63) is 65.7 Å². The number of aryl methyl sites for hydroxylation is 1. The summed E-state index contributed by atoms with van der Waals surface area (Å²) in [7, 11) is 2.15. The van der Waals surface area contributed by atoms with Crippen molar-refractivity contribution in [3.8, 4) is 0 Å². The van der Waals surface area contributed by atoms with Gasteiger partial charge in [0.1, 0.15) is 0 Å². The van der Waals surface area contributed by atoms with Gasteiger partial charge in [0, 0.05) is 25.2 Å². The Labute approximate surface area is 121 Å². The highest BCUT2D eigenvalue weighted by Crippen LogP contribution is 2.23. The van der Waals surface area contributed by atoms with Crippen LogP contribution in [0.4, 0.5) is 5.69 Å². The summed E-state index contributed by atoms with van der Waals surface area (Å²) in [6.07, 6.45) is 0. The minimum absolute atomic E-state index is 0.453. The molecule has 2 aromatic carbocycles. The van der Waals surface area contributed by atoms with Crippen LogP contribution in [0.2, 0.25) is 0 Å². The normalized spacial score (nSPS) is 12.2. The standard InChI is InChI=1S/C17H21NS/c1-14-8-6-7-11-17(14)18(2)12-16(13-19)15-9-4-3-5-10-15/h3-11,16,19H,12-13H2,1-2H3. The van der Waals surface area contributed by atoms with Crippen LogP contribution in [0.15, 0.2) is 54.6 Å². The van der Waals surface area contributed by atoms with E-state index in [1.165, 1.54) is 16.8 Å². The lowest BCUT2D eigenvalue weighted by atomic mass is 10.00. The van der Waals surface area contributed by atoms with Gasteiger partial charge >= 0.3 is 0 Å². The van der Waals surface area contributed by atoms with Crippen LogP contribution in [0.25, 0.3) is 0 Å². The molecule has 100 valence electrons. The average molecular weight is 271 g/mol. The molecule has 0 radical (unpaired) electrons. The first-order valence-corrected chi connectivity index (χ1v) is 7.28. The Bertz CT molecular complexity index is 510. The minimum Gasteiger partial charge on any atom is -0.374 e. The quantitative estimate of drug-likeness (QED) is 0.800. The number of thiol groups is 1. The van der Waals surface area contributed by atoms with E-state index in [2.05, 4.69) is 86.1 Å². The maximum atomic E-state index is 4.51. The number of para-hydroxylation sites is 1. The van der Waals surface area contributed by atoms with Crippen LogP contribution >= 0.6 is 12.6 Å². The topological polar surface area (TPSA) is 3.24 Å². The highest BCUT2D eigenvalue weighted by molar-refractivity contribution is 7.80. The first kappa shape index (κ1) is 14.0. The van der Waals surface area contributed by atoms with Gasteiger partial charge in [0.25, 0.3) is 0 Å². The van der Waals surface area contributed by atoms with Crippen molar-refractivity contribution < 1.29 is 0 Å². The zero-order valence-corrected chi connectivity index (χ0v) is 12.5. The summed E-state index contributed by atoms with van der Waals surface area (Å²) in [5.41, 5.74) is 3.97. The fraction of sp³-hybridized carbons (Fsp3) is 0.294. The molecule has 1 unspecified atom stereocenters. The van der Waals surface area contributed by atoms with Gasteiger partial charge in [0.05, 0.1) is 0 Å². The SMILES string of the molecule is Cc1ccccc1N(C)CC(CS)c1ccccc1.